The Hall–Kier alpha value is -1.98. The van der Waals surface area contributed by atoms with Crippen molar-refractivity contribution >= 4 is 26.7 Å². The summed E-state index contributed by atoms with van der Waals surface area (Å²) in [6.07, 6.45) is 8.39. The van der Waals surface area contributed by atoms with Crippen molar-refractivity contribution in [2.45, 2.75) is 39.2 Å². The third kappa shape index (κ3) is 5.51. The molecule has 0 atom stereocenters. The Morgan fingerprint density at radius 1 is 0.923 bits per heavy atom. The number of hydrogen-bond acceptors (Lipinski definition) is 4. The van der Waals surface area contributed by atoms with Gasteiger partial charge in [-0.25, -0.2) is 0 Å². The summed E-state index contributed by atoms with van der Waals surface area (Å²) in [7, 11) is 0. The average Bonchev–Trinajstić information content (AvgIpc) is 2.67. The maximum absolute atomic E-state index is 6.21. The first kappa shape index (κ1) is 18.8. The molecular weight excluding hydrogens is 390 g/mol. The van der Waals surface area contributed by atoms with Gasteiger partial charge in [0.15, 0.2) is 0 Å². The van der Waals surface area contributed by atoms with Crippen LogP contribution in [0, 0.1) is 0 Å². The number of hydroxylamine groups is 2. The van der Waals surface area contributed by atoms with E-state index in [1.54, 1.807) is 12.4 Å². The number of aromatic nitrogens is 2. The number of nitrogens with zero attached hydrogens (tertiary/aromatic N) is 3. The second-order valence-electron chi connectivity index (χ2n) is 6.42. The van der Waals surface area contributed by atoms with E-state index in [9.17, 15) is 0 Å². The smallest absolute Gasteiger partial charge is 0.148 e. The molecule has 0 aliphatic rings. The molecule has 0 unspecified atom stereocenters. The first-order chi connectivity index (χ1) is 12.7. The maximum Gasteiger partial charge on any atom is 0.148 e. The van der Waals surface area contributed by atoms with E-state index in [-0.39, 0.29) is 0 Å². The second kappa shape index (κ2) is 9.64. The molecule has 4 nitrogen and oxygen atoms in total. The van der Waals surface area contributed by atoms with Crippen molar-refractivity contribution in [3.63, 3.8) is 0 Å². The number of fused-ring (bicyclic) bond motifs is 1. The van der Waals surface area contributed by atoms with Gasteiger partial charge in [-0.1, -0.05) is 54.2 Å². The van der Waals surface area contributed by atoms with Crippen LogP contribution < -0.4 is 4.84 Å². The van der Waals surface area contributed by atoms with E-state index < -0.39 is 0 Å². The van der Waals surface area contributed by atoms with Gasteiger partial charge in [0.25, 0.3) is 0 Å². The monoisotopic (exact) mass is 413 g/mol. The van der Waals surface area contributed by atoms with E-state index in [0.29, 0.717) is 0 Å². The molecule has 0 amide bonds. The van der Waals surface area contributed by atoms with Gasteiger partial charge >= 0.3 is 0 Å². The highest BCUT2D eigenvalue weighted by atomic mass is 79.9. The molecule has 0 bridgehead atoms. The van der Waals surface area contributed by atoms with Crippen LogP contribution >= 0.6 is 15.9 Å². The van der Waals surface area contributed by atoms with Crippen LogP contribution in [0.15, 0.2) is 59.3 Å². The van der Waals surface area contributed by atoms with Gasteiger partial charge in [0.2, 0.25) is 0 Å². The fraction of sp³-hybridized carbons (Fsp3) is 0.333. The molecule has 0 aliphatic heterocycles. The standard InChI is InChI=1S/C21H24BrN3O/c1-2-3-4-5-12-25(16-17-6-9-20(22)10-7-17)26-21-11-8-18-14-23-24-15-19(18)13-21/h6-11,13-15H,2-5,12,16H2,1H3. The van der Waals surface area contributed by atoms with Crippen molar-refractivity contribution < 1.29 is 4.84 Å². The number of unbranched alkanes of at least 4 members (excludes halogenated alkanes) is 3. The molecule has 0 fully saturated rings. The van der Waals surface area contributed by atoms with Crippen LogP contribution in [0.1, 0.15) is 38.2 Å². The summed E-state index contributed by atoms with van der Waals surface area (Å²) in [5.41, 5.74) is 1.23. The van der Waals surface area contributed by atoms with Gasteiger partial charge < -0.3 is 4.84 Å². The molecule has 1 aromatic heterocycles. The molecule has 0 spiro atoms. The molecule has 0 N–H and O–H groups in total. The Balaban J connectivity index is 1.71. The molecule has 136 valence electrons. The Morgan fingerprint density at radius 3 is 2.46 bits per heavy atom. The fourth-order valence-corrected chi connectivity index (χ4v) is 3.11. The van der Waals surface area contributed by atoms with Crippen molar-refractivity contribution in [1.82, 2.24) is 15.3 Å². The van der Waals surface area contributed by atoms with E-state index in [1.807, 2.05) is 18.2 Å². The molecule has 0 radical (unpaired) electrons. The Morgan fingerprint density at radius 2 is 1.69 bits per heavy atom. The lowest BCUT2D eigenvalue weighted by molar-refractivity contribution is -0.0680. The molecule has 2 aromatic carbocycles. The molecule has 1 heterocycles. The lowest BCUT2D eigenvalue weighted by Gasteiger charge is -2.23. The third-order valence-corrected chi connectivity index (χ3v) is 4.81. The minimum Gasteiger partial charge on any atom is -0.406 e. The number of benzene rings is 2. The van der Waals surface area contributed by atoms with Gasteiger partial charge in [-0.3, -0.25) is 0 Å². The Kier molecular flexibility index (Phi) is 6.97. The lowest BCUT2D eigenvalue weighted by atomic mass is 10.2. The van der Waals surface area contributed by atoms with E-state index in [4.69, 9.17) is 4.84 Å². The van der Waals surface area contributed by atoms with E-state index >= 15 is 0 Å². The first-order valence-electron chi connectivity index (χ1n) is 9.12. The van der Waals surface area contributed by atoms with E-state index in [0.717, 1.165) is 40.5 Å². The molecule has 0 saturated heterocycles. The summed E-state index contributed by atoms with van der Waals surface area (Å²) in [5.74, 6) is 0.832. The van der Waals surface area contributed by atoms with E-state index in [1.165, 1.54) is 24.8 Å². The molecule has 3 aromatic rings. The zero-order chi connectivity index (χ0) is 18.2. The highest BCUT2D eigenvalue weighted by Crippen LogP contribution is 2.21. The van der Waals surface area contributed by atoms with Crippen LogP contribution in [-0.2, 0) is 6.54 Å². The molecule has 0 aliphatic carbocycles. The summed E-state index contributed by atoms with van der Waals surface area (Å²) in [6, 6.07) is 14.4. The van der Waals surface area contributed by atoms with Crippen molar-refractivity contribution in [2.24, 2.45) is 0 Å². The summed E-state index contributed by atoms with van der Waals surface area (Å²) in [5, 5.41) is 12.0. The van der Waals surface area contributed by atoms with E-state index in [2.05, 4.69) is 62.4 Å². The molecule has 26 heavy (non-hydrogen) atoms. The maximum atomic E-state index is 6.21. The SMILES string of the molecule is CCCCCCN(Cc1ccc(Br)cc1)Oc1ccc2cnncc2c1. The van der Waals surface area contributed by atoms with Crippen molar-refractivity contribution in [2.75, 3.05) is 6.54 Å². The predicted molar refractivity (Wildman–Crippen MR) is 109 cm³/mol. The third-order valence-electron chi connectivity index (χ3n) is 4.29. The highest BCUT2D eigenvalue weighted by molar-refractivity contribution is 9.10. The van der Waals surface area contributed by atoms with Gasteiger partial charge in [0, 0.05) is 21.8 Å². The number of hydrogen-bond donors (Lipinski definition) is 0. The summed E-state index contributed by atoms with van der Waals surface area (Å²) >= 11 is 3.49. The fourth-order valence-electron chi connectivity index (χ4n) is 2.84. The van der Waals surface area contributed by atoms with Gasteiger partial charge in [-0.15, -0.1) is 5.06 Å². The van der Waals surface area contributed by atoms with Crippen LogP contribution in [0.5, 0.6) is 5.75 Å². The number of rotatable bonds is 9. The second-order valence-corrected chi connectivity index (χ2v) is 7.34. The average molecular weight is 414 g/mol. The normalized spacial score (nSPS) is 11.2. The topological polar surface area (TPSA) is 38.2 Å². The van der Waals surface area contributed by atoms with Crippen LogP contribution in [0.4, 0.5) is 0 Å². The number of halogens is 1. The van der Waals surface area contributed by atoms with Gasteiger partial charge in [-0.05, 0) is 42.3 Å². The highest BCUT2D eigenvalue weighted by Gasteiger charge is 2.09. The predicted octanol–water partition coefficient (Wildman–Crippen LogP) is 5.77. The largest absolute Gasteiger partial charge is 0.406 e. The first-order valence-corrected chi connectivity index (χ1v) is 9.91. The minimum absolute atomic E-state index is 0.756. The van der Waals surface area contributed by atoms with Gasteiger partial charge in [-0.2, -0.15) is 10.2 Å². The van der Waals surface area contributed by atoms with Crippen molar-refractivity contribution in [3.05, 3.63) is 64.9 Å². The van der Waals surface area contributed by atoms with Crippen LogP contribution in [0.25, 0.3) is 10.8 Å². The molecule has 3 rings (SSSR count). The zero-order valence-corrected chi connectivity index (χ0v) is 16.7. The molecule has 0 saturated carbocycles. The molecule has 5 heteroatoms. The zero-order valence-electron chi connectivity index (χ0n) is 15.1. The van der Waals surface area contributed by atoms with Crippen LogP contribution in [0.3, 0.4) is 0 Å². The van der Waals surface area contributed by atoms with Gasteiger partial charge in [0.05, 0.1) is 18.9 Å². The van der Waals surface area contributed by atoms with Crippen molar-refractivity contribution in [3.8, 4) is 5.75 Å². The van der Waals surface area contributed by atoms with Crippen LogP contribution in [-0.4, -0.2) is 21.8 Å². The lowest BCUT2D eigenvalue weighted by Crippen LogP contribution is -2.28. The summed E-state index contributed by atoms with van der Waals surface area (Å²) in [4.78, 5) is 6.21. The van der Waals surface area contributed by atoms with Crippen LogP contribution in [0.2, 0.25) is 0 Å². The summed E-state index contributed by atoms with van der Waals surface area (Å²) < 4.78 is 1.09. The Labute approximate surface area is 163 Å². The molecular formula is C21H24BrN3O. The van der Waals surface area contributed by atoms with Gasteiger partial charge in [0.1, 0.15) is 5.75 Å². The van der Waals surface area contributed by atoms with Crippen molar-refractivity contribution in [1.29, 1.82) is 0 Å². The summed E-state index contributed by atoms with van der Waals surface area (Å²) in [6.45, 7) is 3.89. The Bertz CT molecular complexity index is 823. The minimum atomic E-state index is 0.756. The quantitative estimate of drug-likeness (QED) is 0.329.